The van der Waals surface area contributed by atoms with Crippen molar-refractivity contribution in [2.45, 2.75) is 38.0 Å². The molecule has 1 amide bonds. The van der Waals surface area contributed by atoms with E-state index in [1.54, 1.807) is 21.3 Å². The minimum Gasteiger partial charge on any atom is -0.497 e. The van der Waals surface area contributed by atoms with Crippen LogP contribution < -0.4 is 19.5 Å². The molecule has 6 heteroatoms. The molecular weight excluding hydrogens is 452 g/mol. The number of nitrogens with zero attached hydrogens (tertiary/aromatic N) is 1. The predicted octanol–water partition coefficient (Wildman–Crippen LogP) is 5.35. The second-order valence-corrected chi connectivity index (χ2v) is 9.53. The SMILES string of the molecule is COc1ccc2c3c(c4cc(OC)c(OC)cc4c2c1)CN1C(=O)CC[C@H]1[C@H]3NCc1ccccc1. The number of hydrogen-bond donors (Lipinski definition) is 1. The van der Waals surface area contributed by atoms with E-state index in [0.717, 1.165) is 34.9 Å². The van der Waals surface area contributed by atoms with Crippen LogP contribution in [0.4, 0.5) is 0 Å². The van der Waals surface area contributed by atoms with Gasteiger partial charge in [0.05, 0.1) is 33.4 Å². The largest absolute Gasteiger partial charge is 0.497 e. The van der Waals surface area contributed by atoms with E-state index in [1.807, 2.05) is 18.2 Å². The van der Waals surface area contributed by atoms with Crippen LogP contribution in [0.3, 0.4) is 0 Å². The van der Waals surface area contributed by atoms with Crippen LogP contribution in [-0.4, -0.2) is 38.2 Å². The van der Waals surface area contributed by atoms with Gasteiger partial charge < -0.3 is 24.4 Å². The van der Waals surface area contributed by atoms with Crippen molar-refractivity contribution in [2.75, 3.05) is 21.3 Å². The molecule has 2 atom stereocenters. The first-order valence-corrected chi connectivity index (χ1v) is 12.4. The van der Waals surface area contributed by atoms with Gasteiger partial charge in [-0.1, -0.05) is 36.4 Å². The summed E-state index contributed by atoms with van der Waals surface area (Å²) < 4.78 is 17.0. The van der Waals surface area contributed by atoms with Crippen LogP contribution in [0.15, 0.2) is 60.7 Å². The van der Waals surface area contributed by atoms with Crippen molar-refractivity contribution < 1.29 is 19.0 Å². The van der Waals surface area contributed by atoms with Gasteiger partial charge in [0.15, 0.2) is 11.5 Å². The van der Waals surface area contributed by atoms with Gasteiger partial charge in [0.25, 0.3) is 0 Å². The summed E-state index contributed by atoms with van der Waals surface area (Å²) >= 11 is 0. The van der Waals surface area contributed by atoms with E-state index in [-0.39, 0.29) is 18.0 Å². The summed E-state index contributed by atoms with van der Waals surface area (Å²) in [6.45, 7) is 1.32. The van der Waals surface area contributed by atoms with Crippen molar-refractivity contribution in [3.05, 3.63) is 77.4 Å². The Balaban J connectivity index is 1.63. The maximum Gasteiger partial charge on any atom is 0.223 e. The van der Waals surface area contributed by atoms with Gasteiger partial charge in [-0.3, -0.25) is 4.79 Å². The zero-order valence-corrected chi connectivity index (χ0v) is 20.8. The number of hydrogen-bond acceptors (Lipinski definition) is 5. The zero-order chi connectivity index (χ0) is 24.8. The Morgan fingerprint density at radius 1 is 0.861 bits per heavy atom. The fourth-order valence-electron chi connectivity index (χ4n) is 6.03. The first-order chi connectivity index (χ1) is 17.6. The van der Waals surface area contributed by atoms with Crippen molar-refractivity contribution in [3.63, 3.8) is 0 Å². The third-order valence-corrected chi connectivity index (χ3v) is 7.75. The second-order valence-electron chi connectivity index (χ2n) is 9.53. The molecule has 6 rings (SSSR count). The zero-order valence-electron chi connectivity index (χ0n) is 20.8. The van der Waals surface area contributed by atoms with Gasteiger partial charge >= 0.3 is 0 Å². The average Bonchev–Trinajstić information content (AvgIpc) is 3.30. The Morgan fingerprint density at radius 3 is 2.31 bits per heavy atom. The first-order valence-electron chi connectivity index (χ1n) is 12.4. The molecule has 4 aromatic carbocycles. The average molecular weight is 483 g/mol. The standard InChI is InChI=1S/C30H30N2O4/c1-34-19-9-10-20-21(13-19)22-14-26(35-2)27(36-3)15-23(22)24-17-32-25(11-12-28(32)33)30(29(20)24)31-16-18-7-5-4-6-8-18/h4-10,13-15,25,30-31H,11-12,16-17H2,1-3H3/t25-,30+/m0/s1. The number of amides is 1. The van der Waals surface area contributed by atoms with Gasteiger partial charge in [-0.2, -0.15) is 0 Å². The monoisotopic (exact) mass is 482 g/mol. The molecule has 0 saturated carbocycles. The molecule has 6 nitrogen and oxygen atoms in total. The van der Waals surface area contributed by atoms with Crippen LogP contribution in [0.5, 0.6) is 17.2 Å². The summed E-state index contributed by atoms with van der Waals surface area (Å²) in [4.78, 5) is 15.0. The fraction of sp³-hybridized carbons (Fsp3) is 0.300. The van der Waals surface area contributed by atoms with Gasteiger partial charge in [0.1, 0.15) is 5.75 Å². The number of carbonyl (C=O) groups is 1. The van der Waals surface area contributed by atoms with Gasteiger partial charge in [0.2, 0.25) is 5.91 Å². The highest BCUT2D eigenvalue weighted by Gasteiger charge is 2.43. The van der Waals surface area contributed by atoms with Crippen LogP contribution in [0.2, 0.25) is 0 Å². The molecule has 2 heterocycles. The molecule has 0 unspecified atom stereocenters. The van der Waals surface area contributed by atoms with Crippen molar-refractivity contribution in [2.24, 2.45) is 0 Å². The highest BCUT2D eigenvalue weighted by atomic mass is 16.5. The van der Waals surface area contributed by atoms with Crippen molar-refractivity contribution >= 4 is 27.5 Å². The number of fused-ring (bicyclic) bond motifs is 7. The maximum atomic E-state index is 13.0. The molecule has 0 aromatic heterocycles. The lowest BCUT2D eigenvalue weighted by molar-refractivity contribution is -0.130. The molecule has 184 valence electrons. The lowest BCUT2D eigenvalue weighted by atomic mass is 9.82. The number of benzene rings is 4. The summed E-state index contributed by atoms with van der Waals surface area (Å²) in [6.07, 6.45) is 1.44. The molecular formula is C30H30N2O4. The van der Waals surface area contributed by atoms with Gasteiger partial charge in [-0.25, -0.2) is 0 Å². The Hall–Kier alpha value is -3.77. The summed E-state index contributed by atoms with van der Waals surface area (Å²) in [5.41, 5.74) is 3.65. The molecule has 1 saturated heterocycles. The molecule has 0 spiro atoms. The van der Waals surface area contributed by atoms with E-state index in [0.29, 0.717) is 24.5 Å². The van der Waals surface area contributed by atoms with Crippen LogP contribution in [0.25, 0.3) is 21.5 Å². The number of ether oxygens (including phenoxy) is 3. The number of rotatable bonds is 6. The molecule has 0 aliphatic carbocycles. The van der Waals surface area contributed by atoms with E-state index >= 15 is 0 Å². The second kappa shape index (κ2) is 9.03. The van der Waals surface area contributed by atoms with Crippen LogP contribution >= 0.6 is 0 Å². The fourth-order valence-corrected chi connectivity index (χ4v) is 6.03. The molecule has 2 aliphatic rings. The molecule has 1 N–H and O–H groups in total. The highest BCUT2D eigenvalue weighted by Crippen LogP contribution is 2.47. The molecule has 2 aliphatic heterocycles. The van der Waals surface area contributed by atoms with E-state index in [1.165, 1.54) is 22.1 Å². The van der Waals surface area contributed by atoms with Crippen LogP contribution in [0, 0.1) is 0 Å². The van der Waals surface area contributed by atoms with E-state index in [9.17, 15) is 4.79 Å². The maximum absolute atomic E-state index is 13.0. The van der Waals surface area contributed by atoms with Crippen molar-refractivity contribution in [3.8, 4) is 17.2 Å². The Labute approximate surface area is 210 Å². The smallest absolute Gasteiger partial charge is 0.223 e. The normalized spacial score (nSPS) is 18.9. The van der Waals surface area contributed by atoms with Gasteiger partial charge in [-0.15, -0.1) is 0 Å². The number of methoxy groups -OCH3 is 3. The third-order valence-electron chi connectivity index (χ3n) is 7.75. The van der Waals surface area contributed by atoms with E-state index < -0.39 is 0 Å². The van der Waals surface area contributed by atoms with Crippen molar-refractivity contribution in [1.29, 1.82) is 0 Å². The molecule has 36 heavy (non-hydrogen) atoms. The Morgan fingerprint density at radius 2 is 1.58 bits per heavy atom. The van der Waals surface area contributed by atoms with E-state index in [2.05, 4.69) is 52.7 Å². The van der Waals surface area contributed by atoms with Gasteiger partial charge in [-0.05, 0) is 68.9 Å². The molecule has 1 fully saturated rings. The summed E-state index contributed by atoms with van der Waals surface area (Å²) in [7, 11) is 5.00. The highest BCUT2D eigenvalue weighted by molar-refractivity contribution is 6.12. The quantitative estimate of drug-likeness (QED) is 0.375. The number of carbonyl (C=O) groups excluding carboxylic acids is 1. The minimum absolute atomic E-state index is 0.00815. The first kappa shape index (κ1) is 22.7. The Bertz CT molecular complexity index is 1470. The van der Waals surface area contributed by atoms with Crippen LogP contribution in [-0.2, 0) is 17.9 Å². The summed E-state index contributed by atoms with van der Waals surface area (Å²) in [5.74, 6) is 2.39. The molecule has 0 radical (unpaired) electrons. The van der Waals surface area contributed by atoms with Crippen molar-refractivity contribution in [1.82, 2.24) is 10.2 Å². The van der Waals surface area contributed by atoms with Crippen LogP contribution in [0.1, 0.15) is 35.6 Å². The molecule has 4 aromatic rings. The lowest BCUT2D eigenvalue weighted by Gasteiger charge is -2.40. The number of nitrogens with one attached hydrogen (secondary N) is 1. The van der Waals surface area contributed by atoms with Gasteiger partial charge in [0, 0.05) is 19.5 Å². The predicted molar refractivity (Wildman–Crippen MR) is 141 cm³/mol. The summed E-state index contributed by atoms with van der Waals surface area (Å²) in [5, 5.41) is 8.26. The summed E-state index contributed by atoms with van der Waals surface area (Å²) in [6, 6.07) is 20.9. The Kier molecular flexibility index (Phi) is 5.69. The third kappa shape index (κ3) is 3.56. The topological polar surface area (TPSA) is 60.0 Å². The lowest BCUT2D eigenvalue weighted by Crippen LogP contribution is -2.46. The van der Waals surface area contributed by atoms with E-state index in [4.69, 9.17) is 14.2 Å². The molecule has 0 bridgehead atoms. The minimum atomic E-state index is 0.00815.